The molecule has 0 saturated heterocycles. The van der Waals surface area contributed by atoms with Gasteiger partial charge in [0.2, 0.25) is 0 Å². The molecule has 0 aliphatic heterocycles. The molecule has 15 aromatic rings. The molecule has 0 spiro atoms. The van der Waals surface area contributed by atoms with E-state index < -0.39 is 0 Å². The van der Waals surface area contributed by atoms with Crippen molar-refractivity contribution in [2.45, 2.75) is 119 Å². The summed E-state index contributed by atoms with van der Waals surface area (Å²) in [6, 6.07) is 132. The molecule has 578 valence electrons. The summed E-state index contributed by atoms with van der Waals surface area (Å²) >= 11 is 0. The van der Waals surface area contributed by atoms with Crippen LogP contribution in [0.4, 0.5) is 119 Å². The summed E-state index contributed by atoms with van der Waals surface area (Å²) in [7, 11) is 19.0. The third-order valence-corrected chi connectivity index (χ3v) is 22.3. The van der Waals surface area contributed by atoms with E-state index in [2.05, 4.69) is 403 Å². The molecule has 118 heavy (non-hydrogen) atoms. The molecule has 0 fully saturated rings. The second-order valence-corrected chi connectivity index (χ2v) is 31.0. The Morgan fingerprint density at radius 3 is 0.373 bits per heavy atom. The summed E-state index contributed by atoms with van der Waals surface area (Å²) in [5.74, 6) is 0. The highest BCUT2D eigenvalue weighted by molar-refractivity contribution is 6.33. The lowest BCUT2D eigenvalue weighted by Crippen LogP contribution is -2.15. The van der Waals surface area contributed by atoms with E-state index in [1.807, 2.05) is 36.4 Å². The summed E-state index contributed by atoms with van der Waals surface area (Å²) in [5.41, 5.74) is 31.6. The highest BCUT2D eigenvalue weighted by Crippen LogP contribution is 2.47. The molecule has 0 amide bonds. The highest BCUT2D eigenvalue weighted by atomic mass is 15.2. The van der Waals surface area contributed by atoms with Crippen molar-refractivity contribution in [2.75, 3.05) is 34.3 Å². The van der Waals surface area contributed by atoms with Crippen LogP contribution in [0.25, 0.3) is 0 Å². The fraction of sp³-hybridized carbons (Fsp3) is 0.167. The standard InChI is InChI=1S/C108H102B3N7/c1-7-11-15-81-23-41-90(42-24-81)114(91-43-25-82(26-44-91)16-12-8-2)101-63-55-97(56-64-101)112(88-37-19-79(5)20-38-88)98-57-69-104(70-58-98)117(96-53-35-87(111)36-54-96)105-71-59-99(60-72-105)113(89-39-21-80(6)22-40-89)100-61-73-106(74-62-100)118(108-77-67-103(68-78-108)116(94-49-31-85(109)32-50-94)95-51-33-86(110)34-52-95)107-75-65-102(66-76-107)115(92-45-27-83(28-46-92)17-13-9-3)93-47-29-84(30-48-93)18-14-10-4/h19-78H,7-18H2,1-6H3. The summed E-state index contributed by atoms with van der Waals surface area (Å²) in [4.78, 5) is 16.3. The summed E-state index contributed by atoms with van der Waals surface area (Å²) in [6.07, 6.45) is 13.6. The quantitative estimate of drug-likeness (QED) is 0.0378. The monoisotopic (exact) mass is 1530 g/mol. The van der Waals surface area contributed by atoms with Crippen LogP contribution in [0.2, 0.25) is 0 Å². The van der Waals surface area contributed by atoms with Crippen LogP contribution in [0.3, 0.4) is 0 Å². The first kappa shape index (κ1) is 80.3. The maximum Gasteiger partial charge on any atom is 0.113 e. The molecule has 15 aromatic carbocycles. The summed E-state index contributed by atoms with van der Waals surface area (Å²) in [6.45, 7) is 13.3. The third-order valence-electron chi connectivity index (χ3n) is 22.3. The van der Waals surface area contributed by atoms with E-state index in [4.69, 9.17) is 23.5 Å². The van der Waals surface area contributed by atoms with Gasteiger partial charge in [-0.15, -0.1) is 0 Å². The molecule has 15 rings (SSSR count). The number of anilines is 21. The van der Waals surface area contributed by atoms with Gasteiger partial charge >= 0.3 is 0 Å². The van der Waals surface area contributed by atoms with Crippen LogP contribution >= 0.6 is 0 Å². The Labute approximate surface area is 705 Å². The summed E-state index contributed by atoms with van der Waals surface area (Å²) in [5, 5.41) is 0. The first-order valence-electron chi connectivity index (χ1n) is 42.1. The molecular weight excluding hydrogens is 1430 g/mol. The molecule has 0 heterocycles. The Kier molecular flexibility index (Phi) is 26.0. The van der Waals surface area contributed by atoms with Gasteiger partial charge in [0.25, 0.3) is 0 Å². The van der Waals surface area contributed by atoms with Crippen molar-refractivity contribution in [3.63, 3.8) is 0 Å². The number of unbranched alkanes of at least 4 members (excludes halogenated alkanes) is 4. The minimum absolute atomic E-state index is 0.699. The van der Waals surface area contributed by atoms with Gasteiger partial charge in [-0.2, -0.15) is 0 Å². The van der Waals surface area contributed by atoms with Crippen LogP contribution in [-0.4, -0.2) is 23.5 Å². The first-order chi connectivity index (χ1) is 57.8. The van der Waals surface area contributed by atoms with Crippen molar-refractivity contribution in [1.82, 2.24) is 0 Å². The van der Waals surface area contributed by atoms with Crippen LogP contribution in [0.15, 0.2) is 364 Å². The average Bonchev–Trinajstić information content (AvgIpc) is 0.776. The number of aryl methyl sites for hydroxylation is 6. The third kappa shape index (κ3) is 19.1. The first-order valence-corrected chi connectivity index (χ1v) is 42.1. The molecule has 10 heteroatoms. The molecule has 6 radical (unpaired) electrons. The molecular formula is C108H102B3N7. The van der Waals surface area contributed by atoms with Gasteiger partial charge < -0.3 is 34.3 Å². The van der Waals surface area contributed by atoms with Crippen molar-refractivity contribution in [3.05, 3.63) is 397 Å². The average molecular weight is 1530 g/mol. The van der Waals surface area contributed by atoms with Crippen molar-refractivity contribution in [3.8, 4) is 0 Å². The number of hydrogen-bond donors (Lipinski definition) is 0. The van der Waals surface area contributed by atoms with E-state index in [0.717, 1.165) is 171 Å². The molecule has 0 aromatic heterocycles. The zero-order valence-corrected chi connectivity index (χ0v) is 69.0. The molecule has 0 saturated carbocycles. The summed E-state index contributed by atoms with van der Waals surface area (Å²) < 4.78 is 0. The molecule has 0 aliphatic carbocycles. The SMILES string of the molecule is [B]c1ccc(N(c2ccc([B])cc2)c2ccc(N(c3ccc(N(c4ccc(CCCC)cc4)c4ccc(CCCC)cc4)cc3)c3ccc(N(c4ccc(C)cc4)c4ccc(N(c5ccc([B])cc5)c5ccc(N(c6ccc(C)cc6)c6ccc(N(c7ccc(CCCC)cc7)c7ccc(CCCC)cc7)cc6)cc5)cc4)cc3)cc2)cc1. The fourth-order valence-corrected chi connectivity index (χ4v) is 15.7. The van der Waals surface area contributed by atoms with E-state index in [1.54, 1.807) is 0 Å². The van der Waals surface area contributed by atoms with Gasteiger partial charge in [-0.3, -0.25) is 0 Å². The predicted molar refractivity (Wildman–Crippen MR) is 509 cm³/mol. The smallest absolute Gasteiger partial charge is 0.113 e. The fourth-order valence-electron chi connectivity index (χ4n) is 15.7. The maximum atomic E-state index is 6.45. The van der Waals surface area contributed by atoms with Crippen LogP contribution in [0.1, 0.15) is 112 Å². The second kappa shape index (κ2) is 38.2. The Bertz CT molecular complexity index is 5510. The van der Waals surface area contributed by atoms with Crippen LogP contribution < -0.4 is 50.7 Å². The number of benzene rings is 15. The maximum absolute atomic E-state index is 6.45. The van der Waals surface area contributed by atoms with Crippen LogP contribution in [0.5, 0.6) is 0 Å². The molecule has 0 N–H and O–H groups in total. The molecule has 7 nitrogen and oxygen atoms in total. The second-order valence-electron chi connectivity index (χ2n) is 31.0. The van der Waals surface area contributed by atoms with Gasteiger partial charge in [0, 0.05) is 119 Å². The number of hydrogen-bond acceptors (Lipinski definition) is 7. The topological polar surface area (TPSA) is 22.7 Å². The van der Waals surface area contributed by atoms with Gasteiger partial charge in [-0.25, -0.2) is 0 Å². The molecule has 0 aliphatic rings. The van der Waals surface area contributed by atoms with Gasteiger partial charge in [-0.1, -0.05) is 190 Å². The van der Waals surface area contributed by atoms with E-state index in [0.29, 0.717) is 16.4 Å². The lowest BCUT2D eigenvalue weighted by atomic mass is 9.95. The Morgan fingerprint density at radius 1 is 0.153 bits per heavy atom. The van der Waals surface area contributed by atoms with E-state index in [9.17, 15) is 0 Å². The minimum atomic E-state index is 0.699. The normalized spacial score (nSPS) is 11.1. The Hall–Kier alpha value is -12.9. The zero-order chi connectivity index (χ0) is 81.3. The minimum Gasteiger partial charge on any atom is -0.311 e. The van der Waals surface area contributed by atoms with E-state index >= 15 is 0 Å². The zero-order valence-electron chi connectivity index (χ0n) is 69.0. The van der Waals surface area contributed by atoms with Crippen molar-refractivity contribution < 1.29 is 0 Å². The van der Waals surface area contributed by atoms with Crippen LogP contribution in [0, 0.1) is 13.8 Å². The van der Waals surface area contributed by atoms with Crippen molar-refractivity contribution in [2.24, 2.45) is 0 Å². The molecule has 0 bridgehead atoms. The van der Waals surface area contributed by atoms with Crippen molar-refractivity contribution in [1.29, 1.82) is 0 Å². The van der Waals surface area contributed by atoms with E-state index in [1.165, 1.54) is 59.1 Å². The molecule has 0 atom stereocenters. The predicted octanol–water partition coefficient (Wildman–Crippen LogP) is 28.3. The highest BCUT2D eigenvalue weighted by Gasteiger charge is 2.24. The Morgan fingerprint density at radius 2 is 0.254 bits per heavy atom. The van der Waals surface area contributed by atoms with Gasteiger partial charge in [-0.05, 0) is 342 Å². The van der Waals surface area contributed by atoms with Gasteiger partial charge in [0.15, 0.2) is 0 Å². The van der Waals surface area contributed by atoms with Gasteiger partial charge in [0.05, 0.1) is 0 Å². The van der Waals surface area contributed by atoms with Gasteiger partial charge in [0.1, 0.15) is 23.5 Å². The number of nitrogens with zero attached hydrogens (tertiary/aromatic N) is 7. The Balaban J connectivity index is 0.767. The lowest BCUT2D eigenvalue weighted by Gasteiger charge is -2.31. The molecule has 0 unspecified atom stereocenters. The van der Waals surface area contributed by atoms with Crippen LogP contribution in [-0.2, 0) is 25.7 Å². The number of rotatable bonds is 33. The van der Waals surface area contributed by atoms with Crippen molar-refractivity contribution >= 4 is 159 Å². The lowest BCUT2D eigenvalue weighted by molar-refractivity contribution is 0.795. The van der Waals surface area contributed by atoms with E-state index in [-0.39, 0.29) is 0 Å². The largest absolute Gasteiger partial charge is 0.311 e.